The Kier molecular flexibility index (Phi) is 4.49. The molecule has 1 aromatic carbocycles. The average molecular weight is 243 g/mol. The molecule has 2 nitrogen and oxygen atoms in total. The molecule has 0 fully saturated rings. The van der Waals surface area contributed by atoms with Crippen molar-refractivity contribution in [2.75, 3.05) is 5.32 Å². The predicted molar refractivity (Wildman–Crippen MR) is 62.5 cm³/mol. The standard InChI is InChI=1S/C11H11F2NOS/c1-2-3-10(16)11(15)14-9-5-4-7(12)6-8(9)13/h4-6H,2-3H2,1H3,(H,14,15). The summed E-state index contributed by atoms with van der Waals surface area (Å²) >= 11 is 4.84. The number of halogens is 2. The maximum absolute atomic E-state index is 13.2. The first-order valence-corrected chi connectivity index (χ1v) is 5.24. The van der Waals surface area contributed by atoms with E-state index >= 15 is 0 Å². The third-order valence-corrected chi connectivity index (χ3v) is 2.30. The zero-order valence-electron chi connectivity index (χ0n) is 8.72. The third-order valence-electron chi connectivity index (χ3n) is 1.91. The van der Waals surface area contributed by atoms with Crippen molar-refractivity contribution in [3.05, 3.63) is 29.8 Å². The molecule has 0 spiro atoms. The highest BCUT2D eigenvalue weighted by Crippen LogP contribution is 2.15. The first-order chi connectivity index (χ1) is 7.54. The zero-order chi connectivity index (χ0) is 12.1. The van der Waals surface area contributed by atoms with Crippen molar-refractivity contribution in [3.63, 3.8) is 0 Å². The Bertz CT molecular complexity index is 420. The Morgan fingerprint density at radius 2 is 2.12 bits per heavy atom. The smallest absolute Gasteiger partial charge is 0.262 e. The van der Waals surface area contributed by atoms with Crippen molar-refractivity contribution in [3.8, 4) is 0 Å². The van der Waals surface area contributed by atoms with Gasteiger partial charge < -0.3 is 5.32 Å². The molecule has 1 amide bonds. The largest absolute Gasteiger partial charge is 0.319 e. The summed E-state index contributed by atoms with van der Waals surface area (Å²) in [4.78, 5) is 11.6. The van der Waals surface area contributed by atoms with Gasteiger partial charge in [0, 0.05) is 6.07 Å². The fourth-order valence-corrected chi connectivity index (χ4v) is 1.38. The van der Waals surface area contributed by atoms with Crippen LogP contribution in [-0.4, -0.2) is 10.8 Å². The quantitative estimate of drug-likeness (QED) is 0.823. The lowest BCUT2D eigenvalue weighted by Crippen LogP contribution is -2.21. The normalized spacial score (nSPS) is 9.94. The molecular formula is C11H11F2NOS. The maximum atomic E-state index is 13.2. The molecule has 0 atom stereocenters. The summed E-state index contributed by atoms with van der Waals surface area (Å²) in [6.45, 7) is 1.89. The van der Waals surface area contributed by atoms with E-state index in [1.165, 1.54) is 0 Å². The highest BCUT2D eigenvalue weighted by molar-refractivity contribution is 7.82. The minimum atomic E-state index is -0.812. The summed E-state index contributed by atoms with van der Waals surface area (Å²) in [5.74, 6) is -2.01. The fourth-order valence-electron chi connectivity index (χ4n) is 1.12. The summed E-state index contributed by atoms with van der Waals surface area (Å²) < 4.78 is 25.7. The first-order valence-electron chi connectivity index (χ1n) is 4.83. The van der Waals surface area contributed by atoms with Crippen LogP contribution in [0.4, 0.5) is 14.5 Å². The van der Waals surface area contributed by atoms with Gasteiger partial charge in [0.05, 0.1) is 10.6 Å². The minimum absolute atomic E-state index is 0.0650. The van der Waals surface area contributed by atoms with E-state index in [0.29, 0.717) is 12.5 Å². The van der Waals surface area contributed by atoms with Crippen LogP contribution in [0.2, 0.25) is 0 Å². The van der Waals surface area contributed by atoms with Crippen LogP contribution < -0.4 is 5.32 Å². The number of rotatable bonds is 4. The molecule has 0 aliphatic heterocycles. The molecule has 5 heteroatoms. The highest BCUT2D eigenvalue weighted by Gasteiger charge is 2.11. The lowest BCUT2D eigenvalue weighted by molar-refractivity contribution is -0.110. The molecule has 0 aromatic heterocycles. The zero-order valence-corrected chi connectivity index (χ0v) is 9.54. The molecule has 0 saturated heterocycles. The molecule has 0 bridgehead atoms. The number of carbonyl (C=O) groups is 1. The van der Waals surface area contributed by atoms with Gasteiger partial charge in [-0.3, -0.25) is 4.79 Å². The predicted octanol–water partition coefficient (Wildman–Crippen LogP) is 3.07. The lowest BCUT2D eigenvalue weighted by Gasteiger charge is -2.06. The third kappa shape index (κ3) is 3.34. The van der Waals surface area contributed by atoms with Crippen LogP contribution in [-0.2, 0) is 4.79 Å². The Morgan fingerprint density at radius 3 is 2.69 bits per heavy atom. The number of anilines is 1. The molecule has 0 radical (unpaired) electrons. The molecule has 16 heavy (non-hydrogen) atoms. The topological polar surface area (TPSA) is 29.1 Å². The van der Waals surface area contributed by atoms with Gasteiger partial charge in [-0.15, -0.1) is 0 Å². The van der Waals surface area contributed by atoms with Crippen molar-refractivity contribution in [1.29, 1.82) is 0 Å². The Balaban J connectivity index is 2.73. The molecule has 0 heterocycles. The average Bonchev–Trinajstić information content (AvgIpc) is 2.22. The molecule has 86 valence electrons. The van der Waals surface area contributed by atoms with E-state index in [1.54, 1.807) is 0 Å². The summed E-state index contributed by atoms with van der Waals surface area (Å²) in [6, 6.07) is 2.94. The van der Waals surface area contributed by atoms with Gasteiger partial charge >= 0.3 is 0 Å². The molecule has 0 unspecified atom stereocenters. The van der Waals surface area contributed by atoms with Crippen molar-refractivity contribution < 1.29 is 13.6 Å². The van der Waals surface area contributed by atoms with Crippen LogP contribution in [0.1, 0.15) is 19.8 Å². The summed E-state index contributed by atoms with van der Waals surface area (Å²) in [6.07, 6.45) is 1.22. The Morgan fingerprint density at radius 1 is 1.44 bits per heavy atom. The van der Waals surface area contributed by atoms with Crippen LogP contribution in [0.25, 0.3) is 0 Å². The van der Waals surface area contributed by atoms with Crippen molar-refractivity contribution in [1.82, 2.24) is 0 Å². The second-order valence-electron chi connectivity index (χ2n) is 3.25. The van der Waals surface area contributed by atoms with E-state index in [2.05, 4.69) is 5.32 Å². The fraction of sp³-hybridized carbons (Fsp3) is 0.273. The van der Waals surface area contributed by atoms with E-state index in [0.717, 1.165) is 18.6 Å². The first kappa shape index (κ1) is 12.7. The summed E-state index contributed by atoms with van der Waals surface area (Å²) in [7, 11) is 0. The molecule has 0 aliphatic rings. The van der Waals surface area contributed by atoms with Crippen LogP contribution in [0.3, 0.4) is 0 Å². The molecule has 0 saturated carbocycles. The van der Waals surface area contributed by atoms with Gasteiger partial charge in [0.15, 0.2) is 0 Å². The number of amides is 1. The number of thiocarbonyl (C=S) groups is 1. The van der Waals surface area contributed by atoms with Crippen molar-refractivity contribution in [2.24, 2.45) is 0 Å². The SMILES string of the molecule is CCCC(=S)C(=O)Nc1ccc(F)cc1F. The second-order valence-corrected chi connectivity index (χ2v) is 3.74. The van der Waals surface area contributed by atoms with Gasteiger partial charge in [-0.2, -0.15) is 0 Å². The molecule has 0 aliphatic carbocycles. The van der Waals surface area contributed by atoms with Crippen LogP contribution in [0, 0.1) is 11.6 Å². The van der Waals surface area contributed by atoms with E-state index in [4.69, 9.17) is 12.2 Å². The van der Waals surface area contributed by atoms with E-state index in [1.807, 2.05) is 6.92 Å². The molecule has 1 rings (SSSR count). The monoisotopic (exact) mass is 243 g/mol. The van der Waals surface area contributed by atoms with E-state index < -0.39 is 17.5 Å². The maximum Gasteiger partial charge on any atom is 0.262 e. The number of benzene rings is 1. The Hall–Kier alpha value is -1.36. The summed E-state index contributed by atoms with van der Waals surface area (Å²) in [5.41, 5.74) is -0.0650. The highest BCUT2D eigenvalue weighted by atomic mass is 32.1. The number of carbonyl (C=O) groups excluding carboxylic acids is 1. The van der Waals surface area contributed by atoms with Crippen molar-refractivity contribution >= 4 is 28.7 Å². The molecular weight excluding hydrogens is 232 g/mol. The minimum Gasteiger partial charge on any atom is -0.319 e. The number of hydrogen-bond acceptors (Lipinski definition) is 2. The van der Waals surface area contributed by atoms with Crippen LogP contribution in [0.15, 0.2) is 18.2 Å². The Labute approximate surface area is 97.7 Å². The summed E-state index contributed by atoms with van der Waals surface area (Å²) in [5, 5.41) is 2.30. The van der Waals surface area contributed by atoms with E-state index in [-0.39, 0.29) is 10.6 Å². The van der Waals surface area contributed by atoms with E-state index in [9.17, 15) is 13.6 Å². The molecule has 1 aromatic rings. The van der Waals surface area contributed by atoms with Gasteiger partial charge in [0.25, 0.3) is 5.91 Å². The van der Waals surface area contributed by atoms with Crippen LogP contribution in [0.5, 0.6) is 0 Å². The van der Waals surface area contributed by atoms with Gasteiger partial charge in [-0.25, -0.2) is 8.78 Å². The van der Waals surface area contributed by atoms with Gasteiger partial charge in [0.2, 0.25) is 0 Å². The second kappa shape index (κ2) is 5.65. The molecule has 1 N–H and O–H groups in total. The van der Waals surface area contributed by atoms with Crippen molar-refractivity contribution in [2.45, 2.75) is 19.8 Å². The van der Waals surface area contributed by atoms with Gasteiger partial charge in [0.1, 0.15) is 11.6 Å². The number of nitrogens with one attached hydrogen (secondary N) is 1. The van der Waals surface area contributed by atoms with Gasteiger partial charge in [-0.1, -0.05) is 25.6 Å². The van der Waals surface area contributed by atoms with Crippen LogP contribution >= 0.6 is 12.2 Å². The van der Waals surface area contributed by atoms with Gasteiger partial charge in [-0.05, 0) is 18.6 Å². The lowest BCUT2D eigenvalue weighted by atomic mass is 10.2. The number of hydrogen-bond donors (Lipinski definition) is 1.